The van der Waals surface area contributed by atoms with Crippen LogP contribution in [-0.2, 0) is 0 Å². The predicted molar refractivity (Wildman–Crippen MR) is 56.2 cm³/mol. The Morgan fingerprint density at radius 3 is 2.20 bits per heavy atom. The Balaban J connectivity index is 2.33. The molecule has 1 nitrogen and oxygen atoms in total. The van der Waals surface area contributed by atoms with Crippen LogP contribution in [0.5, 0.6) is 0 Å². The molecule has 82 valence electrons. The summed E-state index contributed by atoms with van der Waals surface area (Å²) in [4.78, 5) is 0. The molecule has 0 aliphatic carbocycles. The van der Waals surface area contributed by atoms with Gasteiger partial charge in [0.05, 0.1) is 0 Å². The molecule has 1 aromatic carbocycles. The third-order valence-corrected chi connectivity index (χ3v) is 3.01. The molecule has 0 atom stereocenters. The second kappa shape index (κ2) is 4.45. The van der Waals surface area contributed by atoms with Crippen molar-refractivity contribution in [1.82, 2.24) is 5.32 Å². The molecule has 1 fully saturated rings. The molecular formula is C11H12ClF2N. The summed E-state index contributed by atoms with van der Waals surface area (Å²) < 4.78 is 27.1. The third-order valence-electron chi connectivity index (χ3n) is 2.79. The fourth-order valence-corrected chi connectivity index (χ4v) is 2.25. The van der Waals surface area contributed by atoms with Crippen molar-refractivity contribution in [3.63, 3.8) is 0 Å². The first-order chi connectivity index (χ1) is 7.18. The van der Waals surface area contributed by atoms with Crippen LogP contribution in [-0.4, -0.2) is 13.1 Å². The van der Waals surface area contributed by atoms with E-state index in [2.05, 4.69) is 5.32 Å². The van der Waals surface area contributed by atoms with E-state index >= 15 is 0 Å². The highest BCUT2D eigenvalue weighted by Crippen LogP contribution is 2.31. The molecule has 0 aromatic heterocycles. The molecule has 1 aliphatic heterocycles. The molecule has 15 heavy (non-hydrogen) atoms. The third kappa shape index (κ3) is 2.29. The first kappa shape index (κ1) is 10.8. The molecule has 0 bridgehead atoms. The Labute approximate surface area is 92.4 Å². The largest absolute Gasteiger partial charge is 0.317 e. The second-order valence-electron chi connectivity index (χ2n) is 3.81. The van der Waals surface area contributed by atoms with E-state index < -0.39 is 11.6 Å². The zero-order valence-corrected chi connectivity index (χ0v) is 8.95. The molecular weight excluding hydrogens is 220 g/mol. The van der Waals surface area contributed by atoms with Crippen LogP contribution in [0.15, 0.2) is 12.1 Å². The van der Waals surface area contributed by atoms with Gasteiger partial charge < -0.3 is 5.32 Å². The number of hydrogen-bond acceptors (Lipinski definition) is 1. The van der Waals surface area contributed by atoms with Gasteiger partial charge in [-0.1, -0.05) is 11.6 Å². The van der Waals surface area contributed by atoms with Gasteiger partial charge in [0.15, 0.2) is 0 Å². The normalized spacial score (nSPS) is 18.1. The zero-order valence-electron chi connectivity index (χ0n) is 8.19. The molecule has 0 unspecified atom stereocenters. The summed E-state index contributed by atoms with van der Waals surface area (Å²) >= 11 is 5.57. The lowest BCUT2D eigenvalue weighted by molar-refractivity contribution is 0.426. The van der Waals surface area contributed by atoms with Crippen LogP contribution in [0.3, 0.4) is 0 Å². The quantitative estimate of drug-likeness (QED) is 0.783. The highest BCUT2D eigenvalue weighted by Gasteiger charge is 2.22. The smallest absolute Gasteiger partial charge is 0.131 e. The van der Waals surface area contributed by atoms with Gasteiger partial charge in [-0.2, -0.15) is 0 Å². The van der Waals surface area contributed by atoms with Gasteiger partial charge in [0.1, 0.15) is 11.6 Å². The maximum atomic E-state index is 13.6. The number of piperidine rings is 1. The monoisotopic (exact) mass is 231 g/mol. The van der Waals surface area contributed by atoms with Crippen molar-refractivity contribution in [2.75, 3.05) is 13.1 Å². The van der Waals surface area contributed by atoms with Crippen LogP contribution >= 0.6 is 11.6 Å². The van der Waals surface area contributed by atoms with E-state index in [4.69, 9.17) is 11.6 Å². The lowest BCUT2D eigenvalue weighted by Gasteiger charge is -2.23. The van der Waals surface area contributed by atoms with Crippen molar-refractivity contribution < 1.29 is 8.78 Å². The minimum absolute atomic E-state index is 0.0245. The Hall–Kier alpha value is -0.670. The van der Waals surface area contributed by atoms with E-state index in [9.17, 15) is 8.78 Å². The van der Waals surface area contributed by atoms with Crippen molar-refractivity contribution >= 4 is 11.6 Å². The van der Waals surface area contributed by atoms with Crippen LogP contribution in [0.25, 0.3) is 0 Å². The summed E-state index contributed by atoms with van der Waals surface area (Å²) in [6.45, 7) is 1.62. The van der Waals surface area contributed by atoms with Crippen molar-refractivity contribution in [3.8, 4) is 0 Å². The fourth-order valence-electron chi connectivity index (χ4n) is 2.05. The first-order valence-corrected chi connectivity index (χ1v) is 5.41. The van der Waals surface area contributed by atoms with E-state index in [-0.39, 0.29) is 16.5 Å². The molecule has 0 amide bonds. The molecule has 0 spiro atoms. The fraction of sp³-hybridized carbons (Fsp3) is 0.455. The molecule has 1 N–H and O–H groups in total. The number of nitrogens with one attached hydrogen (secondary N) is 1. The molecule has 1 aliphatic rings. The summed E-state index contributed by atoms with van der Waals surface area (Å²) in [6.07, 6.45) is 1.55. The van der Waals surface area contributed by atoms with Gasteiger partial charge in [-0.3, -0.25) is 0 Å². The molecule has 1 aromatic rings. The predicted octanol–water partition coefficient (Wildman–Crippen LogP) is 3.09. The number of halogens is 3. The minimum Gasteiger partial charge on any atom is -0.317 e. The lowest BCUT2D eigenvalue weighted by Crippen LogP contribution is -2.27. The average Bonchev–Trinajstić information content (AvgIpc) is 2.17. The van der Waals surface area contributed by atoms with Gasteiger partial charge in [0, 0.05) is 10.6 Å². The van der Waals surface area contributed by atoms with Crippen LogP contribution in [0.1, 0.15) is 24.3 Å². The summed E-state index contributed by atoms with van der Waals surface area (Å²) in [6, 6.07) is 2.37. The van der Waals surface area contributed by atoms with Crippen LogP contribution in [0.4, 0.5) is 8.78 Å². The highest BCUT2D eigenvalue weighted by atomic mass is 35.5. The number of hydrogen-bond donors (Lipinski definition) is 1. The van der Waals surface area contributed by atoms with Crippen molar-refractivity contribution in [1.29, 1.82) is 0 Å². The molecule has 2 rings (SSSR count). The van der Waals surface area contributed by atoms with Gasteiger partial charge in [-0.05, 0) is 44.0 Å². The molecule has 1 heterocycles. The molecule has 0 saturated carbocycles. The van der Waals surface area contributed by atoms with E-state index in [0.29, 0.717) is 0 Å². The van der Waals surface area contributed by atoms with Crippen LogP contribution in [0, 0.1) is 11.6 Å². The Kier molecular flexibility index (Phi) is 3.22. The standard InChI is InChI=1S/C11H12ClF2N/c12-8-5-9(13)11(10(14)6-8)7-1-3-15-4-2-7/h5-7,15H,1-4H2. The maximum absolute atomic E-state index is 13.6. The van der Waals surface area contributed by atoms with Crippen LogP contribution < -0.4 is 5.32 Å². The minimum atomic E-state index is -0.521. The van der Waals surface area contributed by atoms with Crippen LogP contribution in [0.2, 0.25) is 5.02 Å². The molecule has 1 saturated heterocycles. The van der Waals surface area contributed by atoms with E-state index in [1.165, 1.54) is 12.1 Å². The first-order valence-electron chi connectivity index (χ1n) is 5.03. The van der Waals surface area contributed by atoms with Gasteiger partial charge in [0.2, 0.25) is 0 Å². The van der Waals surface area contributed by atoms with Crippen molar-refractivity contribution in [2.45, 2.75) is 18.8 Å². The number of benzene rings is 1. The topological polar surface area (TPSA) is 12.0 Å². The van der Waals surface area contributed by atoms with Gasteiger partial charge in [0.25, 0.3) is 0 Å². The second-order valence-corrected chi connectivity index (χ2v) is 4.24. The summed E-state index contributed by atoms with van der Waals surface area (Å²) in [5, 5.41) is 3.28. The van der Waals surface area contributed by atoms with E-state index in [1.54, 1.807) is 0 Å². The Morgan fingerprint density at radius 1 is 1.13 bits per heavy atom. The average molecular weight is 232 g/mol. The summed E-state index contributed by atoms with van der Waals surface area (Å²) in [7, 11) is 0. The maximum Gasteiger partial charge on any atom is 0.131 e. The Bertz CT molecular complexity index is 339. The van der Waals surface area contributed by atoms with Gasteiger partial charge in [-0.15, -0.1) is 0 Å². The summed E-state index contributed by atoms with van der Waals surface area (Å²) in [5.41, 5.74) is 0.195. The lowest BCUT2D eigenvalue weighted by atomic mass is 9.89. The van der Waals surface area contributed by atoms with E-state index in [1.807, 2.05) is 0 Å². The SMILES string of the molecule is Fc1cc(Cl)cc(F)c1C1CCNCC1. The number of rotatable bonds is 1. The molecule has 4 heteroatoms. The summed E-state index contributed by atoms with van der Waals surface area (Å²) in [5.74, 6) is -1.07. The molecule has 0 radical (unpaired) electrons. The van der Waals surface area contributed by atoms with Crippen molar-refractivity contribution in [3.05, 3.63) is 34.4 Å². The van der Waals surface area contributed by atoms with Gasteiger partial charge >= 0.3 is 0 Å². The highest BCUT2D eigenvalue weighted by molar-refractivity contribution is 6.30. The Morgan fingerprint density at radius 2 is 1.67 bits per heavy atom. The van der Waals surface area contributed by atoms with Crippen molar-refractivity contribution in [2.24, 2.45) is 0 Å². The zero-order chi connectivity index (χ0) is 10.8. The van der Waals surface area contributed by atoms with E-state index in [0.717, 1.165) is 25.9 Å². The van der Waals surface area contributed by atoms with Gasteiger partial charge in [-0.25, -0.2) is 8.78 Å².